The molecule has 2 saturated carbocycles. The Kier molecular flexibility index (Phi) is 8.60. The summed E-state index contributed by atoms with van der Waals surface area (Å²) in [5.74, 6) is 0.226. The standard InChI is InChI=1S/C28H43NO4/c1-20(7-14-25-18-28(16-17-28)19-27(4,5)33-25)6-9-23-10-12-24(13-11-23)29-26(31)15-8-21(2)32-22(3)30/h6-8,14-15,21,23-25H,9-13,16-19H2,1-5H3,(H,29,31)/b14-7+,15-8-,20-6+/t21-,23-,24+,25+/m0/s1. The highest BCUT2D eigenvalue weighted by Crippen LogP contribution is 2.58. The van der Waals surface area contributed by atoms with Crippen molar-refractivity contribution < 1.29 is 19.1 Å². The lowest BCUT2D eigenvalue weighted by atomic mass is 9.82. The van der Waals surface area contributed by atoms with Crippen LogP contribution >= 0.6 is 0 Å². The summed E-state index contributed by atoms with van der Waals surface area (Å²) in [6, 6.07) is 0.231. The largest absolute Gasteiger partial charge is 0.459 e. The molecule has 1 spiro atoms. The topological polar surface area (TPSA) is 64.6 Å². The van der Waals surface area contributed by atoms with E-state index in [-0.39, 0.29) is 35.7 Å². The molecule has 1 amide bonds. The van der Waals surface area contributed by atoms with Gasteiger partial charge < -0.3 is 14.8 Å². The number of ether oxygens (including phenoxy) is 2. The Hall–Kier alpha value is -1.88. The summed E-state index contributed by atoms with van der Waals surface area (Å²) >= 11 is 0. The van der Waals surface area contributed by atoms with Crippen LogP contribution in [0.5, 0.6) is 0 Å². The van der Waals surface area contributed by atoms with Crippen molar-refractivity contribution in [2.75, 3.05) is 0 Å². The van der Waals surface area contributed by atoms with Crippen LogP contribution in [0.2, 0.25) is 0 Å². The van der Waals surface area contributed by atoms with E-state index in [0.29, 0.717) is 11.3 Å². The van der Waals surface area contributed by atoms with Crippen LogP contribution in [-0.2, 0) is 19.1 Å². The first-order chi connectivity index (χ1) is 15.5. The van der Waals surface area contributed by atoms with Gasteiger partial charge in [-0.15, -0.1) is 0 Å². The SMILES string of the molecule is CC(=O)O[C@@H](C)/C=C\C(=O)N[C@H]1CC[C@@H](C/C=C(C)/C=C/[C@@H]2CC3(CC3)CC(C)(C)O2)CC1. The first-order valence-corrected chi connectivity index (χ1v) is 12.7. The first-order valence-electron chi connectivity index (χ1n) is 12.7. The molecule has 1 N–H and O–H groups in total. The van der Waals surface area contributed by atoms with Gasteiger partial charge in [0.25, 0.3) is 0 Å². The number of rotatable bonds is 8. The number of amides is 1. The van der Waals surface area contributed by atoms with E-state index in [1.165, 1.54) is 44.3 Å². The third-order valence-corrected chi connectivity index (χ3v) is 7.27. The maximum absolute atomic E-state index is 12.1. The lowest BCUT2D eigenvalue weighted by molar-refractivity contribution is -0.143. The van der Waals surface area contributed by atoms with E-state index in [1.54, 1.807) is 13.0 Å². The van der Waals surface area contributed by atoms with E-state index in [0.717, 1.165) is 32.1 Å². The molecule has 0 radical (unpaired) electrons. The van der Waals surface area contributed by atoms with Crippen molar-refractivity contribution >= 4 is 11.9 Å². The fourth-order valence-corrected chi connectivity index (χ4v) is 5.56. The van der Waals surface area contributed by atoms with Gasteiger partial charge in [-0.05, 0) is 103 Å². The van der Waals surface area contributed by atoms with Crippen molar-refractivity contribution in [2.45, 2.75) is 116 Å². The molecule has 0 aromatic heterocycles. The summed E-state index contributed by atoms with van der Waals surface area (Å²) in [6.45, 7) is 9.76. The van der Waals surface area contributed by atoms with Crippen molar-refractivity contribution in [3.63, 3.8) is 0 Å². The van der Waals surface area contributed by atoms with Gasteiger partial charge in [-0.25, -0.2) is 0 Å². The fraction of sp³-hybridized carbons (Fsp3) is 0.714. The van der Waals surface area contributed by atoms with Crippen LogP contribution in [0.1, 0.15) is 92.4 Å². The Morgan fingerprint density at radius 3 is 2.45 bits per heavy atom. The molecule has 1 heterocycles. The summed E-state index contributed by atoms with van der Waals surface area (Å²) in [6.07, 6.45) is 20.3. The van der Waals surface area contributed by atoms with Crippen LogP contribution in [-0.4, -0.2) is 35.7 Å². The number of esters is 1. The highest BCUT2D eigenvalue weighted by Gasteiger charge is 2.51. The molecule has 5 heteroatoms. The Morgan fingerprint density at radius 2 is 1.82 bits per heavy atom. The zero-order chi connectivity index (χ0) is 24.1. The van der Waals surface area contributed by atoms with Gasteiger partial charge in [0, 0.05) is 19.0 Å². The van der Waals surface area contributed by atoms with Crippen LogP contribution in [0.3, 0.4) is 0 Å². The van der Waals surface area contributed by atoms with E-state index in [1.807, 2.05) is 0 Å². The normalized spacial score (nSPS) is 29.8. The van der Waals surface area contributed by atoms with Crippen molar-refractivity contribution in [1.29, 1.82) is 0 Å². The van der Waals surface area contributed by atoms with Gasteiger partial charge in [0.2, 0.25) is 5.91 Å². The molecule has 2 aliphatic carbocycles. The molecule has 2 atom stereocenters. The minimum Gasteiger partial charge on any atom is -0.459 e. The van der Waals surface area contributed by atoms with E-state index in [2.05, 4.69) is 44.3 Å². The molecule has 1 saturated heterocycles. The molecule has 0 unspecified atom stereocenters. The molecule has 184 valence electrons. The van der Waals surface area contributed by atoms with Gasteiger partial charge in [-0.1, -0.05) is 23.8 Å². The van der Waals surface area contributed by atoms with E-state index in [4.69, 9.17) is 9.47 Å². The molecular weight excluding hydrogens is 414 g/mol. The summed E-state index contributed by atoms with van der Waals surface area (Å²) in [4.78, 5) is 23.0. The Labute approximate surface area is 200 Å². The molecule has 5 nitrogen and oxygen atoms in total. The lowest BCUT2D eigenvalue weighted by Crippen LogP contribution is -2.39. The summed E-state index contributed by atoms with van der Waals surface area (Å²) in [7, 11) is 0. The Morgan fingerprint density at radius 1 is 1.12 bits per heavy atom. The second-order valence-corrected chi connectivity index (χ2v) is 11.2. The number of hydrogen-bond acceptors (Lipinski definition) is 4. The number of hydrogen-bond donors (Lipinski definition) is 1. The predicted octanol–water partition coefficient (Wildman–Crippen LogP) is 5.80. The summed E-state index contributed by atoms with van der Waals surface area (Å²) in [5.41, 5.74) is 1.86. The van der Waals surface area contributed by atoms with Crippen LogP contribution in [0, 0.1) is 11.3 Å². The van der Waals surface area contributed by atoms with Crippen molar-refractivity contribution in [1.82, 2.24) is 5.32 Å². The number of allylic oxidation sites excluding steroid dienone is 3. The van der Waals surface area contributed by atoms with Gasteiger partial charge in [-0.3, -0.25) is 9.59 Å². The molecule has 3 fully saturated rings. The summed E-state index contributed by atoms with van der Waals surface area (Å²) in [5, 5.41) is 3.08. The second kappa shape index (κ2) is 11.0. The highest BCUT2D eigenvalue weighted by atomic mass is 16.5. The minimum absolute atomic E-state index is 0.00813. The van der Waals surface area contributed by atoms with Crippen molar-refractivity contribution in [2.24, 2.45) is 11.3 Å². The van der Waals surface area contributed by atoms with Gasteiger partial charge >= 0.3 is 5.97 Å². The number of nitrogens with one attached hydrogen (secondary N) is 1. The van der Waals surface area contributed by atoms with Crippen molar-refractivity contribution in [3.05, 3.63) is 36.0 Å². The van der Waals surface area contributed by atoms with Crippen LogP contribution in [0.15, 0.2) is 36.0 Å². The predicted molar refractivity (Wildman–Crippen MR) is 132 cm³/mol. The molecular formula is C28H43NO4. The smallest absolute Gasteiger partial charge is 0.303 e. The first kappa shape index (κ1) is 25.7. The van der Waals surface area contributed by atoms with Crippen LogP contribution < -0.4 is 5.32 Å². The zero-order valence-electron chi connectivity index (χ0n) is 21.2. The van der Waals surface area contributed by atoms with Gasteiger partial charge in [0.05, 0.1) is 11.7 Å². The zero-order valence-corrected chi connectivity index (χ0v) is 21.2. The molecule has 33 heavy (non-hydrogen) atoms. The number of carbonyl (C=O) groups excluding carboxylic acids is 2. The molecule has 0 aromatic carbocycles. The summed E-state index contributed by atoms with van der Waals surface area (Å²) < 4.78 is 11.3. The van der Waals surface area contributed by atoms with Gasteiger partial charge in [0.1, 0.15) is 6.10 Å². The average molecular weight is 458 g/mol. The molecule has 0 bridgehead atoms. The third kappa shape index (κ3) is 8.77. The Balaban J connectivity index is 1.36. The second-order valence-electron chi connectivity index (χ2n) is 11.2. The van der Waals surface area contributed by atoms with Gasteiger partial charge in [0.15, 0.2) is 0 Å². The number of carbonyl (C=O) groups is 2. The van der Waals surface area contributed by atoms with Gasteiger partial charge in [-0.2, -0.15) is 0 Å². The average Bonchev–Trinajstić information content (AvgIpc) is 3.46. The van der Waals surface area contributed by atoms with Crippen LogP contribution in [0.4, 0.5) is 0 Å². The monoisotopic (exact) mass is 457 g/mol. The molecule has 1 aliphatic heterocycles. The molecule has 0 aromatic rings. The quantitative estimate of drug-likeness (QED) is 0.284. The van der Waals surface area contributed by atoms with Crippen LogP contribution in [0.25, 0.3) is 0 Å². The van der Waals surface area contributed by atoms with Crippen molar-refractivity contribution in [3.8, 4) is 0 Å². The fourth-order valence-electron chi connectivity index (χ4n) is 5.56. The van der Waals surface area contributed by atoms with E-state index in [9.17, 15) is 9.59 Å². The third-order valence-electron chi connectivity index (χ3n) is 7.27. The van der Waals surface area contributed by atoms with E-state index >= 15 is 0 Å². The maximum Gasteiger partial charge on any atom is 0.303 e. The Bertz CT molecular complexity index is 776. The molecule has 3 rings (SSSR count). The minimum atomic E-state index is -0.390. The highest BCUT2D eigenvalue weighted by molar-refractivity contribution is 5.87. The molecule has 3 aliphatic rings. The lowest BCUT2D eigenvalue weighted by Gasteiger charge is -2.40. The van der Waals surface area contributed by atoms with E-state index < -0.39 is 0 Å². The maximum atomic E-state index is 12.1.